The Kier molecular flexibility index (Phi) is 7.51. The summed E-state index contributed by atoms with van der Waals surface area (Å²) in [6.07, 6.45) is -0.0859. The predicted molar refractivity (Wildman–Crippen MR) is 154 cm³/mol. The summed E-state index contributed by atoms with van der Waals surface area (Å²) in [5.74, 6) is -2.09. The summed E-state index contributed by atoms with van der Waals surface area (Å²) in [6, 6.07) is 13.4. The van der Waals surface area contributed by atoms with Crippen LogP contribution in [0.4, 0.5) is 10.1 Å². The molecule has 1 fully saturated rings. The van der Waals surface area contributed by atoms with E-state index in [0.717, 1.165) is 0 Å². The van der Waals surface area contributed by atoms with Gasteiger partial charge in [0.1, 0.15) is 23.6 Å². The van der Waals surface area contributed by atoms with E-state index in [1.807, 2.05) is 0 Å². The van der Waals surface area contributed by atoms with Crippen LogP contribution in [-0.2, 0) is 24.5 Å². The molecule has 1 saturated heterocycles. The van der Waals surface area contributed by atoms with Gasteiger partial charge in [-0.25, -0.2) is 4.39 Å². The van der Waals surface area contributed by atoms with Gasteiger partial charge < -0.3 is 20.1 Å². The van der Waals surface area contributed by atoms with Gasteiger partial charge in [-0.3, -0.25) is 14.4 Å². The molecule has 0 radical (unpaired) electrons. The van der Waals surface area contributed by atoms with Crippen molar-refractivity contribution in [2.45, 2.75) is 44.6 Å². The summed E-state index contributed by atoms with van der Waals surface area (Å²) in [4.78, 5) is 40.0. The molecule has 2 amide bonds. The molecular weight excluding hydrogens is 570 g/mol. The van der Waals surface area contributed by atoms with Crippen molar-refractivity contribution in [2.24, 2.45) is 5.41 Å². The topological polar surface area (TPSA) is 93.7 Å². The van der Waals surface area contributed by atoms with Crippen molar-refractivity contribution in [3.63, 3.8) is 0 Å². The molecule has 0 aromatic heterocycles. The third-order valence-corrected chi connectivity index (χ3v) is 8.45. The van der Waals surface area contributed by atoms with E-state index in [-0.39, 0.29) is 24.8 Å². The molecule has 0 aliphatic carbocycles. The maximum Gasteiger partial charge on any atom is 0.314 e. The van der Waals surface area contributed by atoms with Gasteiger partial charge in [0, 0.05) is 33.6 Å². The second-order valence-electron chi connectivity index (χ2n) is 11.1. The maximum absolute atomic E-state index is 14.7. The van der Waals surface area contributed by atoms with Gasteiger partial charge in [-0.15, -0.1) is 0 Å². The van der Waals surface area contributed by atoms with Crippen LogP contribution in [0, 0.1) is 18.2 Å². The maximum atomic E-state index is 14.7. The van der Waals surface area contributed by atoms with Crippen LogP contribution in [0.25, 0.3) is 0 Å². The van der Waals surface area contributed by atoms with Crippen molar-refractivity contribution in [1.82, 2.24) is 5.32 Å². The third kappa shape index (κ3) is 4.93. The molecule has 2 heterocycles. The summed E-state index contributed by atoms with van der Waals surface area (Å²) in [7, 11) is 1.30. The summed E-state index contributed by atoms with van der Waals surface area (Å²) in [6.45, 7) is 5.15. The molecule has 2 aliphatic rings. The Balaban J connectivity index is 1.75. The van der Waals surface area contributed by atoms with Crippen LogP contribution >= 0.6 is 23.2 Å². The lowest BCUT2D eigenvalue weighted by Crippen LogP contribution is -2.57. The van der Waals surface area contributed by atoms with E-state index in [1.54, 1.807) is 63.2 Å². The molecule has 0 saturated carbocycles. The van der Waals surface area contributed by atoms with Crippen LogP contribution in [-0.4, -0.2) is 31.5 Å². The highest BCUT2D eigenvalue weighted by molar-refractivity contribution is 6.31. The van der Waals surface area contributed by atoms with Gasteiger partial charge >= 0.3 is 5.97 Å². The summed E-state index contributed by atoms with van der Waals surface area (Å²) in [5, 5.41) is 6.75. The Morgan fingerprint density at radius 1 is 1.05 bits per heavy atom. The molecule has 3 atom stereocenters. The minimum absolute atomic E-state index is 0.0367. The van der Waals surface area contributed by atoms with Gasteiger partial charge in [0.15, 0.2) is 0 Å². The van der Waals surface area contributed by atoms with Gasteiger partial charge in [-0.05, 0) is 79.9 Å². The number of methoxy groups -OCH3 is 1. The first-order valence-corrected chi connectivity index (χ1v) is 13.8. The van der Waals surface area contributed by atoms with Crippen molar-refractivity contribution in [3.05, 3.63) is 92.7 Å². The molecule has 3 aromatic carbocycles. The number of aryl methyl sites for hydroxylation is 1. The zero-order chi connectivity index (χ0) is 29.7. The number of anilines is 1. The van der Waals surface area contributed by atoms with Gasteiger partial charge in [-0.2, -0.15) is 0 Å². The summed E-state index contributed by atoms with van der Waals surface area (Å²) < 4.78 is 25.8. The van der Waals surface area contributed by atoms with E-state index in [2.05, 4.69) is 10.6 Å². The minimum atomic E-state index is -1.42. The van der Waals surface area contributed by atoms with Crippen molar-refractivity contribution >= 4 is 46.7 Å². The molecule has 2 N–H and O–H groups in total. The van der Waals surface area contributed by atoms with Gasteiger partial charge in [0.2, 0.25) is 11.8 Å². The number of benzene rings is 3. The molecule has 214 valence electrons. The highest BCUT2D eigenvalue weighted by Gasteiger charge is 2.62. The molecular formula is C31H29Cl2FN2O5. The lowest BCUT2D eigenvalue weighted by molar-refractivity contribution is -0.152. The SMILES string of the molecule is COC(=O)C(C)(C)COc1ccc(Cl)cc1C1CC(=O)NC(c2cc(F)ccc2C)C12C(=O)Nc1cc(Cl)ccc12. The number of rotatable bonds is 6. The van der Waals surface area contributed by atoms with Crippen molar-refractivity contribution in [1.29, 1.82) is 0 Å². The van der Waals surface area contributed by atoms with E-state index in [0.29, 0.717) is 43.7 Å². The normalized spacial score (nSPS) is 21.7. The number of carbonyl (C=O) groups is 3. The zero-order valence-electron chi connectivity index (χ0n) is 22.9. The van der Waals surface area contributed by atoms with Crippen LogP contribution < -0.4 is 15.4 Å². The van der Waals surface area contributed by atoms with Gasteiger partial charge in [0.05, 0.1) is 18.6 Å². The fourth-order valence-electron chi connectivity index (χ4n) is 5.96. The van der Waals surface area contributed by atoms with Crippen molar-refractivity contribution in [2.75, 3.05) is 19.0 Å². The number of nitrogens with one attached hydrogen (secondary N) is 2. The largest absolute Gasteiger partial charge is 0.492 e. The Hall–Kier alpha value is -3.62. The molecule has 41 heavy (non-hydrogen) atoms. The number of piperidine rings is 1. The Labute approximate surface area is 247 Å². The van der Waals surface area contributed by atoms with Crippen LogP contribution in [0.15, 0.2) is 54.6 Å². The number of carbonyl (C=O) groups excluding carboxylic acids is 3. The number of halogens is 3. The monoisotopic (exact) mass is 598 g/mol. The van der Waals surface area contributed by atoms with E-state index in [1.165, 1.54) is 19.2 Å². The minimum Gasteiger partial charge on any atom is -0.492 e. The number of hydrogen-bond donors (Lipinski definition) is 2. The second-order valence-corrected chi connectivity index (χ2v) is 12.0. The van der Waals surface area contributed by atoms with Gasteiger partial charge in [-0.1, -0.05) is 35.3 Å². The first-order chi connectivity index (χ1) is 19.4. The Bertz CT molecular complexity index is 1580. The summed E-state index contributed by atoms with van der Waals surface area (Å²) >= 11 is 12.8. The fraction of sp³-hybridized carbons (Fsp3) is 0.323. The molecule has 3 aromatic rings. The molecule has 10 heteroatoms. The number of ether oxygens (including phenoxy) is 2. The highest BCUT2D eigenvalue weighted by Crippen LogP contribution is 2.59. The molecule has 0 bridgehead atoms. The molecule has 7 nitrogen and oxygen atoms in total. The average Bonchev–Trinajstić information content (AvgIpc) is 3.20. The van der Waals surface area contributed by atoms with E-state index >= 15 is 0 Å². The first-order valence-electron chi connectivity index (χ1n) is 13.1. The van der Waals surface area contributed by atoms with Crippen LogP contribution in [0.5, 0.6) is 5.75 Å². The molecule has 5 rings (SSSR count). The Morgan fingerprint density at radius 3 is 2.49 bits per heavy atom. The smallest absolute Gasteiger partial charge is 0.314 e. The number of esters is 1. The second kappa shape index (κ2) is 10.7. The number of amides is 2. The van der Waals surface area contributed by atoms with Crippen LogP contribution in [0.1, 0.15) is 54.5 Å². The lowest BCUT2D eigenvalue weighted by atomic mass is 9.59. The third-order valence-electron chi connectivity index (χ3n) is 7.98. The van der Waals surface area contributed by atoms with E-state index in [9.17, 15) is 18.8 Å². The van der Waals surface area contributed by atoms with Crippen LogP contribution in [0.3, 0.4) is 0 Å². The standard InChI is InChI=1S/C31H29Cl2FN2O5/c1-16-5-8-19(34)13-20(16)27-31(22-9-6-18(33)12-24(22)35-28(31)38)23(14-26(37)36-27)21-11-17(32)7-10-25(21)41-15-30(2,3)29(39)40-4/h5-13,23,27H,14-15H2,1-4H3,(H,35,38)(H,36,37). The molecule has 2 aliphatic heterocycles. The average molecular weight is 599 g/mol. The quantitative estimate of drug-likeness (QED) is 0.327. The summed E-state index contributed by atoms with van der Waals surface area (Å²) in [5.41, 5.74) is 0.373. The van der Waals surface area contributed by atoms with Crippen LogP contribution in [0.2, 0.25) is 10.0 Å². The van der Waals surface area contributed by atoms with Gasteiger partial charge in [0.25, 0.3) is 0 Å². The molecule has 3 unspecified atom stereocenters. The van der Waals surface area contributed by atoms with E-state index < -0.39 is 34.6 Å². The molecule has 1 spiro atoms. The lowest BCUT2D eigenvalue weighted by Gasteiger charge is -2.47. The Morgan fingerprint density at radius 2 is 1.76 bits per heavy atom. The van der Waals surface area contributed by atoms with E-state index in [4.69, 9.17) is 32.7 Å². The number of hydrogen-bond acceptors (Lipinski definition) is 5. The highest BCUT2D eigenvalue weighted by atomic mass is 35.5. The van der Waals surface area contributed by atoms with Crippen molar-refractivity contribution < 1.29 is 28.2 Å². The number of fused-ring (bicyclic) bond motifs is 2. The predicted octanol–water partition coefficient (Wildman–Crippen LogP) is 6.25. The fourth-order valence-corrected chi connectivity index (χ4v) is 6.31. The zero-order valence-corrected chi connectivity index (χ0v) is 24.5. The van der Waals surface area contributed by atoms with Crippen molar-refractivity contribution in [3.8, 4) is 5.75 Å². The first kappa shape index (κ1) is 28.9.